The number of aldehydes is 1. The Balaban J connectivity index is 4.35. The molecular weight excluding hydrogens is 176 g/mol. The highest BCUT2D eigenvalue weighted by molar-refractivity contribution is 5.60. The number of carbonyl (C=O) groups is 1. The normalized spacial score (nSPS) is 15.8. The summed E-state index contributed by atoms with van der Waals surface area (Å²) in [6.07, 6.45) is 3.00. The summed E-state index contributed by atoms with van der Waals surface area (Å²) in [5.41, 5.74) is 0.487. The molecule has 0 aromatic rings. The molecule has 0 radical (unpaired) electrons. The molecule has 0 heterocycles. The van der Waals surface area contributed by atoms with E-state index in [9.17, 15) is 4.79 Å². The van der Waals surface area contributed by atoms with Crippen LogP contribution in [0.3, 0.4) is 0 Å². The first-order valence-electron chi connectivity index (χ1n) is 5.11. The van der Waals surface area contributed by atoms with Gasteiger partial charge >= 0.3 is 0 Å². The van der Waals surface area contributed by atoms with E-state index >= 15 is 0 Å². The first kappa shape index (κ1) is 13.4. The van der Waals surface area contributed by atoms with Crippen molar-refractivity contribution in [1.29, 1.82) is 0 Å². The molecular formula is C12H22O2. The summed E-state index contributed by atoms with van der Waals surface area (Å²) in [7, 11) is 0. The summed E-state index contributed by atoms with van der Waals surface area (Å²) in [5, 5.41) is 0. The third-order valence-corrected chi connectivity index (χ3v) is 2.00. The van der Waals surface area contributed by atoms with E-state index in [-0.39, 0.29) is 6.10 Å². The molecule has 0 aliphatic heterocycles. The van der Waals surface area contributed by atoms with E-state index in [0.29, 0.717) is 5.92 Å². The Morgan fingerprint density at radius 3 is 2.14 bits per heavy atom. The van der Waals surface area contributed by atoms with Gasteiger partial charge in [0.15, 0.2) is 6.29 Å². The van der Waals surface area contributed by atoms with Crippen LogP contribution in [0.5, 0.6) is 0 Å². The van der Waals surface area contributed by atoms with E-state index < -0.39 is 5.60 Å². The van der Waals surface area contributed by atoms with Crippen LogP contribution in [-0.2, 0) is 9.53 Å². The quantitative estimate of drug-likeness (QED) is 0.501. The largest absolute Gasteiger partial charge is 0.361 e. The second-order valence-electron chi connectivity index (χ2n) is 4.64. The number of ether oxygens (including phenoxy) is 1. The average Bonchev–Trinajstić information content (AvgIpc) is 2.02. The number of hydrogen-bond donors (Lipinski definition) is 0. The van der Waals surface area contributed by atoms with Crippen LogP contribution in [-0.4, -0.2) is 18.0 Å². The highest BCUT2D eigenvalue weighted by Crippen LogP contribution is 2.16. The Labute approximate surface area is 87.3 Å². The number of rotatable bonds is 5. The standard InChI is InChI=1S/C12H22O2/c1-9(2)7-10(3)11(4)14-12(5,6)8-13/h7-9,11H,1-6H3/b10-7+. The minimum absolute atomic E-state index is 0.00222. The maximum absolute atomic E-state index is 10.7. The van der Waals surface area contributed by atoms with Gasteiger partial charge in [0.1, 0.15) is 5.60 Å². The molecule has 0 aromatic carbocycles. The highest BCUT2D eigenvalue weighted by Gasteiger charge is 2.21. The molecule has 0 aliphatic rings. The Morgan fingerprint density at radius 2 is 1.79 bits per heavy atom. The Hall–Kier alpha value is -0.630. The SMILES string of the molecule is C/C(=C\C(C)C)C(C)OC(C)(C)C=O. The zero-order valence-electron chi connectivity index (χ0n) is 10.1. The maximum atomic E-state index is 10.7. The van der Waals surface area contributed by atoms with Gasteiger partial charge in [-0.05, 0) is 39.2 Å². The van der Waals surface area contributed by atoms with Crippen LogP contribution in [0.25, 0.3) is 0 Å². The molecule has 1 unspecified atom stereocenters. The summed E-state index contributed by atoms with van der Waals surface area (Å²) >= 11 is 0. The number of carbonyl (C=O) groups excluding carboxylic acids is 1. The molecule has 2 nitrogen and oxygen atoms in total. The van der Waals surface area contributed by atoms with Crippen LogP contribution >= 0.6 is 0 Å². The molecule has 0 amide bonds. The molecule has 0 N–H and O–H groups in total. The summed E-state index contributed by atoms with van der Waals surface area (Å²) < 4.78 is 5.61. The first-order chi connectivity index (χ1) is 6.28. The van der Waals surface area contributed by atoms with Crippen LogP contribution in [0.15, 0.2) is 11.6 Å². The monoisotopic (exact) mass is 198 g/mol. The minimum atomic E-state index is -0.689. The number of hydrogen-bond acceptors (Lipinski definition) is 2. The lowest BCUT2D eigenvalue weighted by atomic mass is 10.1. The summed E-state index contributed by atoms with van der Waals surface area (Å²) in [4.78, 5) is 10.7. The second-order valence-corrected chi connectivity index (χ2v) is 4.64. The minimum Gasteiger partial charge on any atom is -0.361 e. The zero-order valence-corrected chi connectivity index (χ0v) is 10.1. The predicted octanol–water partition coefficient (Wildman–Crippen LogP) is 2.97. The third-order valence-electron chi connectivity index (χ3n) is 2.00. The van der Waals surface area contributed by atoms with Crippen molar-refractivity contribution in [1.82, 2.24) is 0 Å². The molecule has 0 saturated carbocycles. The van der Waals surface area contributed by atoms with E-state index in [1.807, 2.05) is 13.8 Å². The Morgan fingerprint density at radius 1 is 1.29 bits per heavy atom. The van der Waals surface area contributed by atoms with E-state index in [1.54, 1.807) is 13.8 Å². The molecule has 2 heteroatoms. The Kier molecular flexibility index (Phi) is 5.06. The third kappa shape index (κ3) is 5.18. The Bertz CT molecular complexity index is 214. The lowest BCUT2D eigenvalue weighted by Gasteiger charge is -2.24. The van der Waals surface area contributed by atoms with Gasteiger partial charge < -0.3 is 9.53 Å². The van der Waals surface area contributed by atoms with Crippen LogP contribution in [0.1, 0.15) is 41.5 Å². The van der Waals surface area contributed by atoms with Gasteiger partial charge in [0.05, 0.1) is 6.10 Å². The fourth-order valence-electron chi connectivity index (χ4n) is 1.24. The van der Waals surface area contributed by atoms with E-state index in [2.05, 4.69) is 19.9 Å². The lowest BCUT2D eigenvalue weighted by Crippen LogP contribution is -2.31. The van der Waals surface area contributed by atoms with Crippen LogP contribution in [0, 0.1) is 5.92 Å². The molecule has 0 aliphatic carbocycles. The van der Waals surface area contributed by atoms with Crippen molar-refractivity contribution in [3.63, 3.8) is 0 Å². The van der Waals surface area contributed by atoms with Gasteiger partial charge in [-0.15, -0.1) is 0 Å². The fraction of sp³-hybridized carbons (Fsp3) is 0.750. The van der Waals surface area contributed by atoms with Gasteiger partial charge in [-0.1, -0.05) is 19.9 Å². The van der Waals surface area contributed by atoms with E-state index in [0.717, 1.165) is 6.29 Å². The van der Waals surface area contributed by atoms with Crippen LogP contribution in [0.2, 0.25) is 0 Å². The van der Waals surface area contributed by atoms with Gasteiger partial charge in [0.2, 0.25) is 0 Å². The van der Waals surface area contributed by atoms with Crippen molar-refractivity contribution >= 4 is 6.29 Å². The molecule has 0 aromatic heterocycles. The summed E-state index contributed by atoms with van der Waals surface area (Å²) in [5.74, 6) is 0.514. The molecule has 0 fully saturated rings. The lowest BCUT2D eigenvalue weighted by molar-refractivity contribution is -0.130. The molecule has 82 valence electrons. The zero-order chi connectivity index (χ0) is 11.4. The van der Waals surface area contributed by atoms with Crippen molar-refractivity contribution in [2.75, 3.05) is 0 Å². The molecule has 14 heavy (non-hydrogen) atoms. The van der Waals surface area contributed by atoms with Gasteiger partial charge in [-0.25, -0.2) is 0 Å². The topological polar surface area (TPSA) is 26.3 Å². The van der Waals surface area contributed by atoms with Crippen molar-refractivity contribution in [2.45, 2.75) is 53.2 Å². The predicted molar refractivity (Wildman–Crippen MR) is 59.3 cm³/mol. The van der Waals surface area contributed by atoms with Gasteiger partial charge in [0.25, 0.3) is 0 Å². The number of allylic oxidation sites excluding steroid dienone is 1. The highest BCUT2D eigenvalue weighted by atomic mass is 16.5. The van der Waals surface area contributed by atoms with Gasteiger partial charge in [0, 0.05) is 0 Å². The summed E-state index contributed by atoms with van der Waals surface area (Å²) in [6, 6.07) is 0. The van der Waals surface area contributed by atoms with Crippen LogP contribution < -0.4 is 0 Å². The molecule has 1 atom stereocenters. The summed E-state index contributed by atoms with van der Waals surface area (Å²) in [6.45, 7) is 11.8. The fourth-order valence-corrected chi connectivity index (χ4v) is 1.24. The van der Waals surface area contributed by atoms with Gasteiger partial charge in [-0.3, -0.25) is 0 Å². The van der Waals surface area contributed by atoms with Crippen molar-refractivity contribution < 1.29 is 9.53 Å². The molecule has 0 bridgehead atoms. The van der Waals surface area contributed by atoms with Crippen molar-refractivity contribution in [2.24, 2.45) is 5.92 Å². The second kappa shape index (κ2) is 5.30. The van der Waals surface area contributed by atoms with Gasteiger partial charge in [-0.2, -0.15) is 0 Å². The van der Waals surface area contributed by atoms with Crippen molar-refractivity contribution in [3.8, 4) is 0 Å². The van der Waals surface area contributed by atoms with Crippen LogP contribution in [0.4, 0.5) is 0 Å². The molecule has 0 saturated heterocycles. The molecule has 0 spiro atoms. The van der Waals surface area contributed by atoms with E-state index in [1.165, 1.54) is 5.57 Å². The first-order valence-corrected chi connectivity index (χ1v) is 5.11. The average molecular weight is 198 g/mol. The molecule has 0 rings (SSSR count). The van der Waals surface area contributed by atoms with Crippen molar-refractivity contribution in [3.05, 3.63) is 11.6 Å². The smallest absolute Gasteiger partial charge is 0.151 e. The van der Waals surface area contributed by atoms with E-state index in [4.69, 9.17) is 4.74 Å². The maximum Gasteiger partial charge on any atom is 0.151 e.